The van der Waals surface area contributed by atoms with E-state index >= 15 is 0 Å². The summed E-state index contributed by atoms with van der Waals surface area (Å²) in [5.74, 6) is -0.761. The Hall–Kier alpha value is -1.85. The molecule has 0 aliphatic heterocycles. The molecule has 19 heavy (non-hydrogen) atoms. The molecule has 6 heteroatoms. The lowest BCUT2D eigenvalue weighted by atomic mass is 10.0. The number of nitrogens with one attached hydrogen (secondary N) is 1. The number of hydrogen-bond acceptors (Lipinski definition) is 2. The normalized spacial score (nSPS) is 11.9. The molecule has 2 aromatic rings. The molecule has 0 spiro atoms. The Kier molecular flexibility index (Phi) is 3.12. The van der Waals surface area contributed by atoms with Crippen molar-refractivity contribution in [3.05, 3.63) is 34.8 Å². The zero-order valence-electron chi connectivity index (χ0n) is 10.6. The second-order valence-electron chi connectivity index (χ2n) is 4.30. The first kappa shape index (κ1) is 13.6. The van der Waals surface area contributed by atoms with Crippen LogP contribution in [0.15, 0.2) is 12.1 Å². The van der Waals surface area contributed by atoms with E-state index in [0.717, 1.165) is 6.07 Å². The van der Waals surface area contributed by atoms with Crippen molar-refractivity contribution in [1.29, 1.82) is 0 Å². The van der Waals surface area contributed by atoms with E-state index in [0.29, 0.717) is 10.9 Å². The number of halogens is 4. The highest BCUT2D eigenvalue weighted by Gasteiger charge is 2.36. The van der Waals surface area contributed by atoms with Crippen LogP contribution in [0.2, 0.25) is 0 Å². The second-order valence-corrected chi connectivity index (χ2v) is 4.30. The van der Waals surface area contributed by atoms with Gasteiger partial charge in [0, 0.05) is 23.7 Å². The minimum Gasteiger partial charge on any atom is -0.387 e. The van der Waals surface area contributed by atoms with Crippen LogP contribution >= 0.6 is 0 Å². The molecule has 102 valence electrons. The van der Waals surface area contributed by atoms with Gasteiger partial charge in [0.1, 0.15) is 17.0 Å². The Balaban J connectivity index is 2.99. The molecule has 0 saturated carbocycles. The number of anilines is 1. The molecule has 0 bridgehead atoms. The van der Waals surface area contributed by atoms with E-state index in [1.54, 1.807) is 6.92 Å². The summed E-state index contributed by atoms with van der Waals surface area (Å²) in [6, 6.07) is 2.65. The number of pyridine rings is 1. The van der Waals surface area contributed by atoms with E-state index < -0.39 is 17.7 Å². The van der Waals surface area contributed by atoms with Crippen LogP contribution in [0.4, 0.5) is 23.2 Å². The van der Waals surface area contributed by atoms with Gasteiger partial charge in [-0.3, -0.25) is 0 Å². The average molecular weight is 272 g/mol. The summed E-state index contributed by atoms with van der Waals surface area (Å²) in [5.41, 5.74) is -0.424. The quantitative estimate of drug-likeness (QED) is 0.792. The van der Waals surface area contributed by atoms with Crippen LogP contribution in [-0.4, -0.2) is 12.0 Å². The topological polar surface area (TPSA) is 24.9 Å². The summed E-state index contributed by atoms with van der Waals surface area (Å²) >= 11 is 0. The third-order valence-corrected chi connectivity index (χ3v) is 3.06. The minimum absolute atomic E-state index is 0.0313. The highest BCUT2D eigenvalue weighted by molar-refractivity contribution is 5.96. The first-order valence-corrected chi connectivity index (χ1v) is 5.61. The lowest BCUT2D eigenvalue weighted by molar-refractivity contribution is -0.141. The Labute approximate surface area is 107 Å². The molecule has 1 heterocycles. The van der Waals surface area contributed by atoms with Gasteiger partial charge in [0.2, 0.25) is 0 Å². The molecule has 0 saturated heterocycles. The largest absolute Gasteiger partial charge is 0.433 e. The van der Waals surface area contributed by atoms with E-state index in [2.05, 4.69) is 10.3 Å². The van der Waals surface area contributed by atoms with Gasteiger partial charge in [-0.15, -0.1) is 0 Å². The van der Waals surface area contributed by atoms with E-state index in [-0.39, 0.29) is 16.8 Å². The molecule has 1 aromatic heterocycles. The van der Waals surface area contributed by atoms with Crippen LogP contribution in [0.3, 0.4) is 0 Å². The smallest absolute Gasteiger partial charge is 0.387 e. The third kappa shape index (κ3) is 2.11. The van der Waals surface area contributed by atoms with Crippen molar-refractivity contribution < 1.29 is 17.6 Å². The van der Waals surface area contributed by atoms with Crippen LogP contribution < -0.4 is 5.32 Å². The predicted octanol–water partition coefficient (Wildman–Crippen LogP) is 4.05. The van der Waals surface area contributed by atoms with Crippen LogP contribution in [0.1, 0.15) is 16.8 Å². The molecule has 2 nitrogen and oxygen atoms in total. The molecule has 0 unspecified atom stereocenters. The summed E-state index contributed by atoms with van der Waals surface area (Å²) in [5, 5.41) is 3.09. The number of benzene rings is 1. The fourth-order valence-electron chi connectivity index (χ4n) is 2.18. The first-order chi connectivity index (χ1) is 8.77. The Morgan fingerprint density at radius 2 is 1.79 bits per heavy atom. The van der Waals surface area contributed by atoms with Crippen molar-refractivity contribution in [3.63, 3.8) is 0 Å². The highest BCUT2D eigenvalue weighted by atomic mass is 19.4. The summed E-state index contributed by atoms with van der Waals surface area (Å²) < 4.78 is 52.5. The van der Waals surface area contributed by atoms with Gasteiger partial charge in [0.05, 0.1) is 0 Å². The summed E-state index contributed by atoms with van der Waals surface area (Å²) in [6.45, 7) is 3.03. The molecule has 1 N–H and O–H groups in total. The lowest BCUT2D eigenvalue weighted by Gasteiger charge is -2.17. The molecular weight excluding hydrogens is 260 g/mol. The van der Waals surface area contributed by atoms with Crippen LogP contribution in [0, 0.1) is 19.7 Å². The number of hydrogen-bond donors (Lipinski definition) is 1. The van der Waals surface area contributed by atoms with Gasteiger partial charge in [0.15, 0.2) is 0 Å². The first-order valence-electron chi connectivity index (χ1n) is 5.61. The van der Waals surface area contributed by atoms with E-state index in [9.17, 15) is 17.6 Å². The summed E-state index contributed by atoms with van der Waals surface area (Å²) in [4.78, 5) is 3.48. The lowest BCUT2D eigenvalue weighted by Crippen LogP contribution is -2.13. The Bertz CT molecular complexity index is 647. The van der Waals surface area contributed by atoms with E-state index in [1.165, 1.54) is 20.0 Å². The summed E-state index contributed by atoms with van der Waals surface area (Å²) in [6.07, 6.45) is -4.61. The molecular formula is C13H12F4N2. The van der Waals surface area contributed by atoms with Crippen LogP contribution in [-0.2, 0) is 6.18 Å². The number of fused-ring (bicyclic) bond motifs is 1. The summed E-state index contributed by atoms with van der Waals surface area (Å²) in [7, 11) is 1.51. The van der Waals surface area contributed by atoms with Gasteiger partial charge in [-0.2, -0.15) is 13.2 Å². The van der Waals surface area contributed by atoms with E-state index in [1.807, 2.05) is 0 Å². The van der Waals surface area contributed by atoms with Crippen molar-refractivity contribution >= 4 is 16.6 Å². The number of aryl methyl sites for hydroxylation is 1. The average Bonchev–Trinajstić information content (AvgIpc) is 2.32. The highest BCUT2D eigenvalue weighted by Crippen LogP contribution is 2.38. The van der Waals surface area contributed by atoms with Crippen molar-refractivity contribution in [2.45, 2.75) is 20.0 Å². The number of aromatic nitrogens is 1. The second kappa shape index (κ2) is 4.36. The van der Waals surface area contributed by atoms with Gasteiger partial charge < -0.3 is 5.32 Å². The van der Waals surface area contributed by atoms with Crippen LogP contribution in [0.5, 0.6) is 0 Å². The molecule has 0 atom stereocenters. The van der Waals surface area contributed by atoms with Gasteiger partial charge >= 0.3 is 6.18 Å². The van der Waals surface area contributed by atoms with Gasteiger partial charge in [-0.05, 0) is 25.5 Å². The molecule has 2 rings (SSSR count). The SMILES string of the molecule is CNc1c(C)c(C(F)(F)F)nc2c(F)ccc(C)c12. The van der Waals surface area contributed by atoms with Crippen molar-refractivity contribution in [3.8, 4) is 0 Å². The zero-order chi connectivity index (χ0) is 14.4. The van der Waals surface area contributed by atoms with Gasteiger partial charge in [0.25, 0.3) is 0 Å². The molecule has 1 aromatic carbocycles. The molecule has 0 radical (unpaired) electrons. The fraction of sp³-hybridized carbons (Fsp3) is 0.308. The maximum absolute atomic E-state index is 13.7. The number of nitrogens with zero attached hydrogens (tertiary/aromatic N) is 1. The Morgan fingerprint density at radius 3 is 2.32 bits per heavy atom. The van der Waals surface area contributed by atoms with Crippen molar-refractivity contribution in [2.24, 2.45) is 0 Å². The maximum atomic E-state index is 13.7. The zero-order valence-corrected chi connectivity index (χ0v) is 10.6. The monoisotopic (exact) mass is 272 g/mol. The van der Waals surface area contributed by atoms with Crippen molar-refractivity contribution in [1.82, 2.24) is 4.98 Å². The fourth-order valence-corrected chi connectivity index (χ4v) is 2.18. The van der Waals surface area contributed by atoms with Gasteiger partial charge in [-0.25, -0.2) is 9.37 Å². The van der Waals surface area contributed by atoms with E-state index in [4.69, 9.17) is 0 Å². The van der Waals surface area contributed by atoms with Gasteiger partial charge in [-0.1, -0.05) is 6.07 Å². The molecule has 0 amide bonds. The molecule has 0 aliphatic carbocycles. The third-order valence-electron chi connectivity index (χ3n) is 3.06. The standard InChI is InChI=1S/C13H12F4N2/c1-6-4-5-8(14)11-9(6)10(18-3)7(2)12(19-11)13(15,16)17/h4-5H,1-3H3,(H,18,19). The molecule has 0 fully saturated rings. The van der Waals surface area contributed by atoms with Crippen molar-refractivity contribution in [2.75, 3.05) is 12.4 Å². The maximum Gasteiger partial charge on any atom is 0.433 e. The minimum atomic E-state index is -4.61. The number of alkyl halides is 3. The predicted molar refractivity (Wildman–Crippen MR) is 65.7 cm³/mol. The number of rotatable bonds is 1. The molecule has 0 aliphatic rings. The Morgan fingerprint density at radius 1 is 1.16 bits per heavy atom. The van der Waals surface area contributed by atoms with Crippen LogP contribution in [0.25, 0.3) is 10.9 Å².